The smallest absolute Gasteiger partial charge is 0.170 e. The molecule has 0 saturated carbocycles. The molecule has 0 saturated heterocycles. The van der Waals surface area contributed by atoms with Gasteiger partial charge in [0.05, 0.1) is 0 Å². The molecule has 0 aromatic heterocycles. The van der Waals surface area contributed by atoms with Crippen molar-refractivity contribution < 1.29 is 5.21 Å². The second-order valence-corrected chi connectivity index (χ2v) is 5.76. The normalized spacial score (nSPS) is 13.1. The number of amidine groups is 1. The number of halogens is 1. The maximum absolute atomic E-state index is 8.63. The summed E-state index contributed by atoms with van der Waals surface area (Å²) >= 11 is 3.48. The van der Waals surface area contributed by atoms with Gasteiger partial charge < -0.3 is 16.3 Å². The molecular formula is C16H18BrN3O. The highest BCUT2D eigenvalue weighted by atomic mass is 79.9. The summed E-state index contributed by atoms with van der Waals surface area (Å²) in [5.74, 6) is 0.122. The summed E-state index contributed by atoms with van der Waals surface area (Å²) in [5, 5.41) is 15.1. The summed E-state index contributed by atoms with van der Waals surface area (Å²) in [6.07, 6.45) is 0. The van der Waals surface area contributed by atoms with Gasteiger partial charge in [-0.25, -0.2) is 0 Å². The molecular weight excluding hydrogens is 330 g/mol. The molecule has 4 N–H and O–H groups in total. The lowest BCUT2D eigenvalue weighted by Gasteiger charge is -2.15. The fourth-order valence-electron chi connectivity index (χ4n) is 2.02. The monoisotopic (exact) mass is 347 g/mol. The number of nitrogens with zero attached hydrogens (tertiary/aromatic N) is 1. The first-order valence-electron chi connectivity index (χ1n) is 6.66. The van der Waals surface area contributed by atoms with Gasteiger partial charge in [0.2, 0.25) is 0 Å². The molecule has 21 heavy (non-hydrogen) atoms. The van der Waals surface area contributed by atoms with Gasteiger partial charge >= 0.3 is 0 Å². The fraction of sp³-hybridized carbons (Fsp3) is 0.188. The Morgan fingerprint density at radius 3 is 2.62 bits per heavy atom. The van der Waals surface area contributed by atoms with Gasteiger partial charge in [-0.05, 0) is 30.2 Å². The van der Waals surface area contributed by atoms with E-state index >= 15 is 0 Å². The van der Waals surface area contributed by atoms with Crippen LogP contribution in [0.4, 0.5) is 0 Å². The number of oxime groups is 1. The molecule has 0 aliphatic heterocycles. The number of nitrogens with two attached hydrogens (primary N) is 1. The lowest BCUT2D eigenvalue weighted by atomic mass is 10.1. The van der Waals surface area contributed by atoms with E-state index in [0.717, 1.165) is 16.6 Å². The van der Waals surface area contributed by atoms with E-state index in [4.69, 9.17) is 10.9 Å². The lowest BCUT2D eigenvalue weighted by Crippen LogP contribution is -2.18. The Kier molecular flexibility index (Phi) is 5.36. The second kappa shape index (κ2) is 7.24. The first-order valence-corrected chi connectivity index (χ1v) is 7.45. The van der Waals surface area contributed by atoms with E-state index in [9.17, 15) is 0 Å². The van der Waals surface area contributed by atoms with Crippen LogP contribution in [-0.2, 0) is 6.54 Å². The SMILES string of the molecule is C[C@H](NCc1ccc(/C(N)=N/O)cc1)c1cccc(Br)c1. The minimum Gasteiger partial charge on any atom is -0.409 e. The van der Waals surface area contributed by atoms with Crippen molar-refractivity contribution in [1.82, 2.24) is 5.32 Å². The first kappa shape index (κ1) is 15.5. The van der Waals surface area contributed by atoms with Crippen LogP contribution in [0.25, 0.3) is 0 Å². The zero-order chi connectivity index (χ0) is 15.2. The largest absolute Gasteiger partial charge is 0.409 e. The molecule has 0 fully saturated rings. The van der Waals surface area contributed by atoms with Crippen molar-refractivity contribution in [2.45, 2.75) is 19.5 Å². The van der Waals surface area contributed by atoms with Crippen molar-refractivity contribution in [2.24, 2.45) is 10.9 Å². The molecule has 2 aromatic carbocycles. The summed E-state index contributed by atoms with van der Waals surface area (Å²) in [5.41, 5.74) is 8.62. The van der Waals surface area contributed by atoms with Gasteiger partial charge in [0, 0.05) is 22.6 Å². The molecule has 0 heterocycles. The molecule has 4 nitrogen and oxygen atoms in total. The van der Waals surface area contributed by atoms with E-state index < -0.39 is 0 Å². The molecule has 5 heteroatoms. The predicted molar refractivity (Wildman–Crippen MR) is 88.3 cm³/mol. The highest BCUT2D eigenvalue weighted by molar-refractivity contribution is 9.10. The fourth-order valence-corrected chi connectivity index (χ4v) is 2.43. The predicted octanol–water partition coefficient (Wildman–Crippen LogP) is 3.39. The molecule has 0 unspecified atom stereocenters. The van der Waals surface area contributed by atoms with Gasteiger partial charge in [0.1, 0.15) is 0 Å². The average molecular weight is 348 g/mol. The Balaban J connectivity index is 1.96. The van der Waals surface area contributed by atoms with Gasteiger partial charge in [-0.1, -0.05) is 57.5 Å². The van der Waals surface area contributed by atoms with Crippen molar-refractivity contribution in [1.29, 1.82) is 0 Å². The van der Waals surface area contributed by atoms with E-state index in [0.29, 0.717) is 5.56 Å². The van der Waals surface area contributed by atoms with E-state index in [2.05, 4.69) is 45.5 Å². The number of hydrogen-bond acceptors (Lipinski definition) is 3. The van der Waals surface area contributed by atoms with Crippen molar-refractivity contribution in [3.63, 3.8) is 0 Å². The van der Waals surface area contributed by atoms with E-state index in [-0.39, 0.29) is 11.9 Å². The summed E-state index contributed by atoms with van der Waals surface area (Å²) in [7, 11) is 0. The first-order chi connectivity index (χ1) is 10.1. The van der Waals surface area contributed by atoms with Gasteiger partial charge in [-0.2, -0.15) is 0 Å². The molecule has 2 rings (SSSR count). The number of nitrogens with one attached hydrogen (secondary N) is 1. The van der Waals surface area contributed by atoms with Crippen LogP contribution >= 0.6 is 15.9 Å². The molecule has 110 valence electrons. The number of rotatable bonds is 5. The van der Waals surface area contributed by atoms with Gasteiger partial charge in [-0.15, -0.1) is 0 Å². The van der Waals surface area contributed by atoms with Crippen LogP contribution in [0.15, 0.2) is 58.2 Å². The average Bonchev–Trinajstić information content (AvgIpc) is 2.52. The van der Waals surface area contributed by atoms with Crippen LogP contribution in [-0.4, -0.2) is 11.0 Å². The van der Waals surface area contributed by atoms with Crippen LogP contribution in [0.2, 0.25) is 0 Å². The molecule has 2 aromatic rings. The standard InChI is InChI=1S/C16H18BrN3O/c1-11(14-3-2-4-15(17)9-14)19-10-12-5-7-13(8-6-12)16(18)20-21/h2-9,11,19,21H,10H2,1H3,(H2,18,20)/t11-/m0/s1. The van der Waals surface area contributed by atoms with Crippen molar-refractivity contribution in [3.8, 4) is 0 Å². The molecule has 0 spiro atoms. The highest BCUT2D eigenvalue weighted by Gasteiger charge is 2.05. The summed E-state index contributed by atoms with van der Waals surface area (Å²) in [4.78, 5) is 0. The molecule has 0 aliphatic carbocycles. The minimum atomic E-state index is 0.122. The number of benzene rings is 2. The molecule has 0 amide bonds. The van der Waals surface area contributed by atoms with Crippen LogP contribution in [0.3, 0.4) is 0 Å². The highest BCUT2D eigenvalue weighted by Crippen LogP contribution is 2.18. The van der Waals surface area contributed by atoms with Crippen molar-refractivity contribution in [3.05, 3.63) is 69.7 Å². The number of hydrogen-bond donors (Lipinski definition) is 3. The Bertz CT molecular complexity index is 626. The topological polar surface area (TPSA) is 70.6 Å². The third-order valence-corrected chi connectivity index (χ3v) is 3.81. The van der Waals surface area contributed by atoms with Crippen LogP contribution < -0.4 is 11.1 Å². The van der Waals surface area contributed by atoms with E-state index in [1.807, 2.05) is 36.4 Å². The summed E-state index contributed by atoms with van der Waals surface area (Å²) < 4.78 is 1.08. The molecule has 1 atom stereocenters. The van der Waals surface area contributed by atoms with Crippen LogP contribution in [0, 0.1) is 0 Å². The van der Waals surface area contributed by atoms with Crippen LogP contribution in [0.1, 0.15) is 29.7 Å². The van der Waals surface area contributed by atoms with Crippen LogP contribution in [0.5, 0.6) is 0 Å². The van der Waals surface area contributed by atoms with Gasteiger partial charge in [-0.3, -0.25) is 0 Å². The van der Waals surface area contributed by atoms with E-state index in [1.54, 1.807) is 0 Å². The second-order valence-electron chi connectivity index (χ2n) is 4.84. The Morgan fingerprint density at radius 1 is 1.29 bits per heavy atom. The Labute approximate surface area is 132 Å². The maximum Gasteiger partial charge on any atom is 0.170 e. The van der Waals surface area contributed by atoms with Gasteiger partial charge in [0.25, 0.3) is 0 Å². The van der Waals surface area contributed by atoms with Crippen molar-refractivity contribution in [2.75, 3.05) is 0 Å². The zero-order valence-corrected chi connectivity index (χ0v) is 13.3. The zero-order valence-electron chi connectivity index (χ0n) is 11.8. The molecule has 0 aliphatic rings. The Morgan fingerprint density at radius 2 is 2.00 bits per heavy atom. The van der Waals surface area contributed by atoms with Gasteiger partial charge in [0.15, 0.2) is 5.84 Å². The maximum atomic E-state index is 8.63. The Hall–Kier alpha value is -1.85. The third-order valence-electron chi connectivity index (χ3n) is 3.32. The summed E-state index contributed by atoms with van der Waals surface area (Å²) in [6.45, 7) is 2.89. The summed E-state index contributed by atoms with van der Waals surface area (Å²) in [6, 6.07) is 16.1. The third kappa shape index (κ3) is 4.31. The lowest BCUT2D eigenvalue weighted by molar-refractivity contribution is 0.318. The van der Waals surface area contributed by atoms with E-state index in [1.165, 1.54) is 5.56 Å². The quantitative estimate of drug-likeness (QED) is 0.336. The minimum absolute atomic E-state index is 0.122. The van der Waals surface area contributed by atoms with Crippen molar-refractivity contribution >= 4 is 21.8 Å². The molecule has 0 radical (unpaired) electrons. The molecule has 0 bridgehead atoms.